The van der Waals surface area contributed by atoms with Crippen molar-refractivity contribution in [1.82, 2.24) is 20.4 Å². The molecule has 1 aliphatic heterocycles. The standard InChI is InChI=1S/C18H31N5O.HI/c1-14-6-7-15(17(10-14)24-5)11-20-18(19-2)21-12-16-13-22(3)8-9-23(16)4;/h6-7,10,16H,8-9,11-13H2,1-5H3,(H2,19,20,21);1H. The molecule has 1 saturated heterocycles. The van der Waals surface area contributed by atoms with Crippen LogP contribution < -0.4 is 15.4 Å². The Morgan fingerprint density at radius 3 is 2.72 bits per heavy atom. The van der Waals surface area contributed by atoms with Crippen LogP contribution in [0.15, 0.2) is 23.2 Å². The lowest BCUT2D eigenvalue weighted by Gasteiger charge is -2.37. The van der Waals surface area contributed by atoms with E-state index in [-0.39, 0.29) is 24.0 Å². The highest BCUT2D eigenvalue weighted by molar-refractivity contribution is 14.0. The van der Waals surface area contributed by atoms with Crippen LogP contribution in [0.1, 0.15) is 11.1 Å². The number of nitrogens with zero attached hydrogens (tertiary/aromatic N) is 3. The maximum absolute atomic E-state index is 5.46. The molecule has 25 heavy (non-hydrogen) atoms. The van der Waals surface area contributed by atoms with Crippen molar-refractivity contribution in [3.63, 3.8) is 0 Å². The largest absolute Gasteiger partial charge is 0.496 e. The summed E-state index contributed by atoms with van der Waals surface area (Å²) in [5.74, 6) is 1.73. The molecule has 1 aromatic rings. The maximum atomic E-state index is 5.46. The van der Waals surface area contributed by atoms with E-state index in [2.05, 4.69) is 64.6 Å². The molecule has 1 atom stereocenters. The Balaban J connectivity index is 0.00000312. The van der Waals surface area contributed by atoms with Gasteiger partial charge in [0.2, 0.25) is 0 Å². The number of halogens is 1. The van der Waals surface area contributed by atoms with Gasteiger partial charge in [-0.2, -0.15) is 0 Å². The second-order valence-corrected chi connectivity index (χ2v) is 6.52. The van der Waals surface area contributed by atoms with E-state index in [1.807, 2.05) is 0 Å². The summed E-state index contributed by atoms with van der Waals surface area (Å²) >= 11 is 0. The molecule has 0 aromatic heterocycles. The molecule has 1 fully saturated rings. The van der Waals surface area contributed by atoms with Gasteiger partial charge in [0, 0.05) is 51.4 Å². The van der Waals surface area contributed by atoms with Crippen LogP contribution in [0.2, 0.25) is 0 Å². The van der Waals surface area contributed by atoms with E-state index in [1.165, 1.54) is 5.56 Å². The van der Waals surface area contributed by atoms with E-state index in [1.54, 1.807) is 14.2 Å². The number of hydrogen-bond acceptors (Lipinski definition) is 4. The summed E-state index contributed by atoms with van der Waals surface area (Å²) in [4.78, 5) is 9.11. The van der Waals surface area contributed by atoms with Crippen LogP contribution in [0.4, 0.5) is 0 Å². The third-order valence-corrected chi connectivity index (χ3v) is 4.60. The van der Waals surface area contributed by atoms with Gasteiger partial charge in [-0.15, -0.1) is 24.0 Å². The van der Waals surface area contributed by atoms with Crippen LogP contribution in [0.3, 0.4) is 0 Å². The number of benzene rings is 1. The Labute approximate surface area is 169 Å². The molecule has 1 aromatic carbocycles. The van der Waals surface area contributed by atoms with Gasteiger partial charge in [0.05, 0.1) is 7.11 Å². The second-order valence-electron chi connectivity index (χ2n) is 6.52. The van der Waals surface area contributed by atoms with Crippen LogP contribution in [0.5, 0.6) is 5.75 Å². The molecule has 142 valence electrons. The molecule has 1 heterocycles. The van der Waals surface area contributed by atoms with Crippen molar-refractivity contribution in [2.45, 2.75) is 19.5 Å². The molecule has 0 radical (unpaired) electrons. The van der Waals surface area contributed by atoms with E-state index >= 15 is 0 Å². The Morgan fingerprint density at radius 2 is 2.04 bits per heavy atom. The smallest absolute Gasteiger partial charge is 0.191 e. The average Bonchev–Trinajstić information content (AvgIpc) is 2.58. The first kappa shape index (κ1) is 22.0. The second kappa shape index (κ2) is 10.8. The zero-order chi connectivity index (χ0) is 17.5. The van der Waals surface area contributed by atoms with E-state index in [0.29, 0.717) is 12.6 Å². The molecule has 0 bridgehead atoms. The van der Waals surface area contributed by atoms with Crippen molar-refractivity contribution in [2.24, 2.45) is 4.99 Å². The summed E-state index contributed by atoms with van der Waals surface area (Å²) in [6.07, 6.45) is 0. The van der Waals surface area contributed by atoms with Gasteiger partial charge >= 0.3 is 0 Å². The summed E-state index contributed by atoms with van der Waals surface area (Å²) < 4.78 is 5.46. The number of hydrogen-bond donors (Lipinski definition) is 2. The number of ether oxygens (including phenoxy) is 1. The molecule has 2 N–H and O–H groups in total. The van der Waals surface area contributed by atoms with Gasteiger partial charge in [0.1, 0.15) is 5.75 Å². The number of methoxy groups -OCH3 is 1. The predicted octanol–water partition coefficient (Wildman–Crippen LogP) is 1.53. The van der Waals surface area contributed by atoms with Crippen LogP contribution >= 0.6 is 24.0 Å². The van der Waals surface area contributed by atoms with Crippen molar-refractivity contribution in [3.8, 4) is 5.75 Å². The quantitative estimate of drug-likeness (QED) is 0.396. The number of guanidine groups is 1. The van der Waals surface area contributed by atoms with Crippen molar-refractivity contribution >= 4 is 29.9 Å². The summed E-state index contributed by atoms with van der Waals surface area (Å²) in [5, 5.41) is 6.81. The van der Waals surface area contributed by atoms with Gasteiger partial charge in [0.15, 0.2) is 5.96 Å². The van der Waals surface area contributed by atoms with Gasteiger partial charge in [-0.1, -0.05) is 12.1 Å². The number of likely N-dealkylation sites (N-methyl/N-ethyl adjacent to an activating group) is 2. The Hall–Kier alpha value is -1.06. The third kappa shape index (κ3) is 6.63. The molecule has 0 spiro atoms. The number of aryl methyl sites for hydroxylation is 1. The molecule has 2 rings (SSSR count). The fraction of sp³-hybridized carbons (Fsp3) is 0.611. The highest BCUT2D eigenvalue weighted by atomic mass is 127. The lowest BCUT2D eigenvalue weighted by atomic mass is 10.1. The van der Waals surface area contributed by atoms with Gasteiger partial charge in [-0.3, -0.25) is 9.89 Å². The minimum atomic E-state index is 0. The molecular formula is C18H32IN5O. The van der Waals surface area contributed by atoms with Gasteiger partial charge in [-0.05, 0) is 32.6 Å². The Kier molecular flexibility index (Phi) is 9.52. The molecule has 7 heteroatoms. The Bertz CT molecular complexity index is 566. The first-order valence-electron chi connectivity index (χ1n) is 8.50. The highest BCUT2D eigenvalue weighted by Crippen LogP contribution is 2.19. The maximum Gasteiger partial charge on any atom is 0.191 e. The first-order chi connectivity index (χ1) is 11.5. The van der Waals surface area contributed by atoms with Crippen molar-refractivity contribution in [3.05, 3.63) is 29.3 Å². The predicted molar refractivity (Wildman–Crippen MR) is 115 cm³/mol. The molecule has 0 saturated carbocycles. The van der Waals surface area contributed by atoms with Crippen molar-refractivity contribution in [1.29, 1.82) is 0 Å². The monoisotopic (exact) mass is 461 g/mol. The van der Waals surface area contributed by atoms with Crippen molar-refractivity contribution in [2.75, 3.05) is 54.4 Å². The lowest BCUT2D eigenvalue weighted by Crippen LogP contribution is -2.55. The van der Waals surface area contributed by atoms with Crippen LogP contribution in [0, 0.1) is 6.92 Å². The summed E-state index contributed by atoms with van der Waals surface area (Å²) in [6, 6.07) is 6.75. The molecule has 1 unspecified atom stereocenters. The topological polar surface area (TPSA) is 52.1 Å². The molecular weight excluding hydrogens is 429 g/mol. The number of piperazine rings is 1. The molecule has 6 nitrogen and oxygen atoms in total. The highest BCUT2D eigenvalue weighted by Gasteiger charge is 2.22. The summed E-state index contributed by atoms with van der Waals surface area (Å²) in [5.41, 5.74) is 2.32. The van der Waals surface area contributed by atoms with Crippen LogP contribution in [-0.2, 0) is 6.54 Å². The minimum Gasteiger partial charge on any atom is -0.496 e. The van der Waals surface area contributed by atoms with Gasteiger partial charge in [-0.25, -0.2) is 0 Å². The number of rotatable bonds is 5. The van der Waals surface area contributed by atoms with Gasteiger partial charge < -0.3 is 20.3 Å². The zero-order valence-corrected chi connectivity index (χ0v) is 18.3. The lowest BCUT2D eigenvalue weighted by molar-refractivity contribution is 0.116. The van der Waals surface area contributed by atoms with E-state index in [9.17, 15) is 0 Å². The number of nitrogens with one attached hydrogen (secondary N) is 2. The van der Waals surface area contributed by atoms with Crippen LogP contribution in [0.25, 0.3) is 0 Å². The fourth-order valence-corrected chi connectivity index (χ4v) is 2.93. The van der Waals surface area contributed by atoms with Gasteiger partial charge in [0.25, 0.3) is 0 Å². The average molecular weight is 461 g/mol. The molecule has 0 aliphatic carbocycles. The fourth-order valence-electron chi connectivity index (χ4n) is 2.93. The minimum absolute atomic E-state index is 0. The zero-order valence-electron chi connectivity index (χ0n) is 16.0. The molecule has 1 aliphatic rings. The summed E-state index contributed by atoms with van der Waals surface area (Å²) in [6.45, 7) is 6.95. The summed E-state index contributed by atoms with van der Waals surface area (Å²) in [7, 11) is 7.88. The normalized spacial score (nSPS) is 19.2. The molecule has 0 amide bonds. The first-order valence-corrected chi connectivity index (χ1v) is 8.50. The van der Waals surface area contributed by atoms with E-state index in [4.69, 9.17) is 4.74 Å². The van der Waals surface area contributed by atoms with Crippen LogP contribution in [-0.4, -0.2) is 76.2 Å². The number of aliphatic imine (C=N–C) groups is 1. The van der Waals surface area contributed by atoms with E-state index in [0.717, 1.165) is 43.5 Å². The van der Waals surface area contributed by atoms with Crippen molar-refractivity contribution < 1.29 is 4.74 Å². The Morgan fingerprint density at radius 1 is 1.28 bits per heavy atom. The van der Waals surface area contributed by atoms with E-state index < -0.39 is 0 Å². The SMILES string of the molecule is CN=C(NCc1ccc(C)cc1OC)NCC1CN(C)CCN1C.I. The third-order valence-electron chi connectivity index (χ3n) is 4.60.